The van der Waals surface area contributed by atoms with E-state index in [0.717, 1.165) is 11.7 Å². The van der Waals surface area contributed by atoms with Gasteiger partial charge < -0.3 is 5.11 Å². The van der Waals surface area contributed by atoms with E-state index in [1.165, 1.54) is 25.7 Å². The molecule has 1 saturated heterocycles. The summed E-state index contributed by atoms with van der Waals surface area (Å²) in [6.45, 7) is 2.25. The molecule has 0 amide bonds. The number of aliphatic hydroxyl groups excluding tert-OH is 1. The van der Waals surface area contributed by atoms with Crippen LogP contribution in [0.4, 0.5) is 0 Å². The monoisotopic (exact) mass is 186 g/mol. The SMILES string of the molecule is C[C@H]1C[C@H](O)[C@H]2CCCC[C@H]2S1. The van der Waals surface area contributed by atoms with E-state index >= 15 is 0 Å². The Morgan fingerprint density at radius 2 is 2.00 bits per heavy atom. The zero-order valence-electron chi connectivity index (χ0n) is 7.70. The van der Waals surface area contributed by atoms with Gasteiger partial charge in [-0.3, -0.25) is 0 Å². The van der Waals surface area contributed by atoms with Gasteiger partial charge in [-0.15, -0.1) is 0 Å². The molecular formula is C10H18OS. The van der Waals surface area contributed by atoms with E-state index in [1.807, 2.05) is 0 Å². The van der Waals surface area contributed by atoms with Crippen molar-refractivity contribution in [1.29, 1.82) is 0 Å². The van der Waals surface area contributed by atoms with E-state index in [9.17, 15) is 5.11 Å². The first-order valence-electron chi connectivity index (χ1n) is 5.11. The number of hydrogen-bond donors (Lipinski definition) is 1. The molecule has 2 rings (SSSR count). The van der Waals surface area contributed by atoms with Gasteiger partial charge in [-0.05, 0) is 25.2 Å². The van der Waals surface area contributed by atoms with Crippen LogP contribution in [0.3, 0.4) is 0 Å². The molecule has 2 aliphatic rings. The van der Waals surface area contributed by atoms with Gasteiger partial charge in [-0.2, -0.15) is 11.8 Å². The summed E-state index contributed by atoms with van der Waals surface area (Å²) < 4.78 is 0. The highest BCUT2D eigenvalue weighted by molar-refractivity contribution is 8.00. The lowest BCUT2D eigenvalue weighted by atomic mass is 9.83. The van der Waals surface area contributed by atoms with Crippen LogP contribution < -0.4 is 0 Å². The van der Waals surface area contributed by atoms with Crippen LogP contribution in [0.25, 0.3) is 0 Å². The first kappa shape index (κ1) is 8.89. The summed E-state index contributed by atoms with van der Waals surface area (Å²) in [6, 6.07) is 0. The molecule has 2 fully saturated rings. The van der Waals surface area contributed by atoms with Gasteiger partial charge in [-0.1, -0.05) is 19.8 Å². The number of rotatable bonds is 0. The summed E-state index contributed by atoms with van der Waals surface area (Å²) in [5, 5.41) is 11.3. The van der Waals surface area contributed by atoms with E-state index in [-0.39, 0.29) is 6.10 Å². The Morgan fingerprint density at radius 1 is 1.25 bits per heavy atom. The third-order valence-electron chi connectivity index (χ3n) is 3.23. The average Bonchev–Trinajstić information content (AvgIpc) is 2.04. The van der Waals surface area contributed by atoms with Gasteiger partial charge in [0.2, 0.25) is 0 Å². The summed E-state index contributed by atoms with van der Waals surface area (Å²) >= 11 is 2.11. The van der Waals surface area contributed by atoms with Gasteiger partial charge >= 0.3 is 0 Å². The molecule has 1 saturated carbocycles. The number of hydrogen-bond acceptors (Lipinski definition) is 2. The van der Waals surface area contributed by atoms with Crippen molar-refractivity contribution in [3.8, 4) is 0 Å². The fourth-order valence-corrected chi connectivity index (χ4v) is 4.33. The fourth-order valence-electron chi connectivity index (χ4n) is 2.60. The highest BCUT2D eigenvalue weighted by Crippen LogP contribution is 2.43. The molecule has 0 unspecified atom stereocenters. The molecule has 0 bridgehead atoms. The molecule has 0 aromatic carbocycles. The Labute approximate surface area is 78.9 Å². The molecule has 0 radical (unpaired) electrons. The van der Waals surface area contributed by atoms with E-state index in [0.29, 0.717) is 11.2 Å². The second-order valence-electron chi connectivity index (χ2n) is 4.24. The summed E-state index contributed by atoms with van der Waals surface area (Å²) in [4.78, 5) is 0. The maximum Gasteiger partial charge on any atom is 0.0589 e. The first-order valence-corrected chi connectivity index (χ1v) is 6.05. The van der Waals surface area contributed by atoms with Crippen LogP contribution in [0.1, 0.15) is 39.0 Å². The topological polar surface area (TPSA) is 20.2 Å². The number of fused-ring (bicyclic) bond motifs is 1. The molecule has 0 aromatic heterocycles. The molecule has 1 N–H and O–H groups in total. The highest BCUT2D eigenvalue weighted by Gasteiger charge is 2.36. The number of aliphatic hydroxyl groups is 1. The molecule has 70 valence electrons. The van der Waals surface area contributed by atoms with Crippen LogP contribution >= 0.6 is 11.8 Å². The van der Waals surface area contributed by atoms with Crippen molar-refractivity contribution in [1.82, 2.24) is 0 Å². The molecule has 0 aromatic rings. The van der Waals surface area contributed by atoms with Gasteiger partial charge in [0, 0.05) is 10.5 Å². The Bertz CT molecular complexity index is 160. The van der Waals surface area contributed by atoms with Crippen LogP contribution in [0.2, 0.25) is 0 Å². The van der Waals surface area contributed by atoms with E-state index in [1.54, 1.807) is 0 Å². The van der Waals surface area contributed by atoms with Gasteiger partial charge in [0.05, 0.1) is 6.10 Å². The van der Waals surface area contributed by atoms with E-state index in [4.69, 9.17) is 0 Å². The Morgan fingerprint density at radius 3 is 2.83 bits per heavy atom. The lowest BCUT2D eigenvalue weighted by molar-refractivity contribution is 0.0753. The van der Waals surface area contributed by atoms with E-state index < -0.39 is 0 Å². The van der Waals surface area contributed by atoms with Crippen LogP contribution in [-0.4, -0.2) is 21.7 Å². The molecule has 1 aliphatic carbocycles. The maximum absolute atomic E-state index is 9.86. The summed E-state index contributed by atoms with van der Waals surface area (Å²) in [5.74, 6) is 0.625. The largest absolute Gasteiger partial charge is 0.393 e. The van der Waals surface area contributed by atoms with Crippen LogP contribution in [-0.2, 0) is 0 Å². The molecular weight excluding hydrogens is 168 g/mol. The molecule has 4 atom stereocenters. The van der Waals surface area contributed by atoms with Crippen molar-refractivity contribution >= 4 is 11.8 Å². The predicted molar refractivity (Wildman–Crippen MR) is 53.4 cm³/mol. The molecule has 1 heterocycles. The minimum absolute atomic E-state index is 0.00606. The van der Waals surface area contributed by atoms with Crippen molar-refractivity contribution in [2.75, 3.05) is 0 Å². The maximum atomic E-state index is 9.86. The molecule has 12 heavy (non-hydrogen) atoms. The standard InChI is InChI=1S/C10H18OS/c1-7-6-9(11)8-4-2-3-5-10(8)12-7/h7-11H,2-6H2,1H3/t7-,8+,9-,10+/m0/s1. The average molecular weight is 186 g/mol. The van der Waals surface area contributed by atoms with Crippen molar-refractivity contribution in [3.05, 3.63) is 0 Å². The smallest absolute Gasteiger partial charge is 0.0589 e. The Hall–Kier alpha value is 0.310. The van der Waals surface area contributed by atoms with Crippen molar-refractivity contribution in [2.45, 2.75) is 55.6 Å². The predicted octanol–water partition coefficient (Wildman–Crippen LogP) is 2.43. The van der Waals surface area contributed by atoms with Crippen LogP contribution in [0.15, 0.2) is 0 Å². The number of thioether (sulfide) groups is 1. The zero-order valence-corrected chi connectivity index (χ0v) is 8.52. The lowest BCUT2D eigenvalue weighted by Crippen LogP contribution is -2.39. The lowest BCUT2D eigenvalue weighted by Gasteiger charge is -2.41. The van der Waals surface area contributed by atoms with Crippen molar-refractivity contribution < 1.29 is 5.11 Å². The third kappa shape index (κ3) is 1.64. The van der Waals surface area contributed by atoms with Gasteiger partial charge in [0.15, 0.2) is 0 Å². The second kappa shape index (κ2) is 3.59. The molecule has 0 spiro atoms. The van der Waals surface area contributed by atoms with E-state index in [2.05, 4.69) is 18.7 Å². The van der Waals surface area contributed by atoms with Crippen molar-refractivity contribution in [2.24, 2.45) is 5.92 Å². The van der Waals surface area contributed by atoms with Gasteiger partial charge in [0.1, 0.15) is 0 Å². The summed E-state index contributed by atoms with van der Waals surface area (Å²) in [5.41, 5.74) is 0. The first-order chi connectivity index (χ1) is 5.77. The minimum Gasteiger partial charge on any atom is -0.393 e. The van der Waals surface area contributed by atoms with Crippen LogP contribution in [0, 0.1) is 5.92 Å². The second-order valence-corrected chi connectivity index (χ2v) is 5.92. The van der Waals surface area contributed by atoms with Gasteiger partial charge in [-0.25, -0.2) is 0 Å². The molecule has 1 aliphatic heterocycles. The fraction of sp³-hybridized carbons (Fsp3) is 1.00. The van der Waals surface area contributed by atoms with Crippen LogP contribution in [0.5, 0.6) is 0 Å². The summed E-state index contributed by atoms with van der Waals surface area (Å²) in [6.07, 6.45) is 6.36. The van der Waals surface area contributed by atoms with Crippen molar-refractivity contribution in [3.63, 3.8) is 0 Å². The highest BCUT2D eigenvalue weighted by atomic mass is 32.2. The minimum atomic E-state index is 0.00606. The third-order valence-corrected chi connectivity index (χ3v) is 4.82. The quantitative estimate of drug-likeness (QED) is 0.627. The van der Waals surface area contributed by atoms with Gasteiger partial charge in [0.25, 0.3) is 0 Å². The normalized spacial score (nSPS) is 48.5. The Balaban J connectivity index is 2.01. The molecule has 1 nitrogen and oxygen atoms in total. The summed E-state index contributed by atoms with van der Waals surface area (Å²) in [7, 11) is 0. The molecule has 2 heteroatoms. The zero-order chi connectivity index (χ0) is 8.55. The Kier molecular flexibility index (Phi) is 2.66.